The van der Waals surface area contributed by atoms with Crippen LogP contribution in [0.1, 0.15) is 11.6 Å². The quantitative estimate of drug-likeness (QED) is 0.775. The Labute approximate surface area is 103 Å². The number of nitrogens with two attached hydrogens (primary N) is 1. The van der Waals surface area contributed by atoms with Crippen LogP contribution >= 0.6 is 31.9 Å². The molecule has 1 heterocycles. The van der Waals surface area contributed by atoms with Gasteiger partial charge in [-0.05, 0) is 28.1 Å². The molecule has 0 bridgehead atoms. The van der Waals surface area contributed by atoms with Crippen LogP contribution in [0.5, 0.6) is 0 Å². The van der Waals surface area contributed by atoms with Crippen LogP contribution in [-0.4, -0.2) is 12.7 Å². The number of amides is 1. The predicted octanol–water partition coefficient (Wildman–Crippen LogP) is 2.57. The monoisotopic (exact) mass is 334 g/mol. The van der Waals surface area contributed by atoms with Gasteiger partial charge in [0, 0.05) is 14.5 Å². The van der Waals surface area contributed by atoms with Gasteiger partial charge in [0.25, 0.3) is 0 Å². The van der Waals surface area contributed by atoms with E-state index in [9.17, 15) is 4.79 Å². The lowest BCUT2D eigenvalue weighted by Crippen LogP contribution is -2.19. The Morgan fingerprint density at radius 1 is 1.47 bits per heavy atom. The molecule has 1 aliphatic heterocycles. The number of halogens is 2. The maximum Gasteiger partial charge on any atom is 0.407 e. The van der Waals surface area contributed by atoms with Gasteiger partial charge in [0.1, 0.15) is 6.61 Å². The number of benzene rings is 1. The average molecular weight is 336 g/mol. The Morgan fingerprint density at radius 3 is 2.80 bits per heavy atom. The number of hydrogen-bond acceptors (Lipinski definition) is 3. The van der Waals surface area contributed by atoms with E-state index in [2.05, 4.69) is 37.2 Å². The van der Waals surface area contributed by atoms with E-state index in [1.54, 1.807) is 0 Å². The van der Waals surface area contributed by atoms with E-state index in [0.29, 0.717) is 12.3 Å². The van der Waals surface area contributed by atoms with E-state index in [4.69, 9.17) is 10.5 Å². The van der Waals surface area contributed by atoms with Crippen molar-refractivity contribution in [3.05, 3.63) is 26.6 Å². The van der Waals surface area contributed by atoms with Crippen LogP contribution < -0.4 is 11.1 Å². The highest BCUT2D eigenvalue weighted by Gasteiger charge is 2.26. The van der Waals surface area contributed by atoms with Crippen molar-refractivity contribution in [3.8, 4) is 0 Å². The summed E-state index contributed by atoms with van der Waals surface area (Å²) < 4.78 is 6.52. The molecule has 0 unspecified atom stereocenters. The Kier molecular flexibility index (Phi) is 2.88. The van der Waals surface area contributed by atoms with Crippen molar-refractivity contribution in [1.82, 2.24) is 5.32 Å². The van der Waals surface area contributed by atoms with Crippen LogP contribution in [0, 0.1) is 0 Å². The van der Waals surface area contributed by atoms with E-state index in [0.717, 1.165) is 14.5 Å². The summed E-state index contributed by atoms with van der Waals surface area (Å²) in [5, 5.41) is 2.68. The number of ether oxygens (including phenoxy) is 1. The molecule has 4 nitrogen and oxygen atoms in total. The first-order valence-corrected chi connectivity index (χ1v) is 5.84. The number of carbonyl (C=O) groups excluding carboxylic acids is 1. The fourth-order valence-electron chi connectivity index (χ4n) is 1.45. The van der Waals surface area contributed by atoms with Crippen molar-refractivity contribution in [2.75, 3.05) is 12.3 Å². The van der Waals surface area contributed by atoms with Crippen molar-refractivity contribution >= 4 is 43.6 Å². The maximum absolute atomic E-state index is 10.9. The highest BCUT2D eigenvalue weighted by Crippen LogP contribution is 2.33. The molecule has 0 aromatic heterocycles. The standard InChI is InChI=1S/C9H8Br2N2O2/c10-4-1-5(8(12)6(11)2-4)7-3-15-9(14)13-7/h1-2,7H,3,12H2,(H,13,14)/t7-/m1/s1. The van der Waals surface area contributed by atoms with Gasteiger partial charge in [-0.25, -0.2) is 4.79 Å². The first kappa shape index (κ1) is 10.8. The van der Waals surface area contributed by atoms with E-state index in [-0.39, 0.29) is 6.04 Å². The van der Waals surface area contributed by atoms with E-state index < -0.39 is 6.09 Å². The number of nitrogen functional groups attached to an aromatic ring is 1. The topological polar surface area (TPSA) is 64.3 Å². The normalized spacial score (nSPS) is 19.9. The molecule has 2 rings (SSSR count). The molecule has 0 radical (unpaired) electrons. The number of anilines is 1. The summed E-state index contributed by atoms with van der Waals surface area (Å²) in [5.41, 5.74) is 7.37. The summed E-state index contributed by atoms with van der Waals surface area (Å²) in [7, 11) is 0. The minimum Gasteiger partial charge on any atom is -0.447 e. The van der Waals surface area contributed by atoms with Crippen molar-refractivity contribution in [1.29, 1.82) is 0 Å². The third-order valence-electron chi connectivity index (χ3n) is 2.17. The summed E-state index contributed by atoms with van der Waals surface area (Å²) in [5.74, 6) is 0. The molecule has 3 N–H and O–H groups in total. The van der Waals surface area contributed by atoms with Gasteiger partial charge < -0.3 is 15.8 Å². The van der Waals surface area contributed by atoms with Gasteiger partial charge in [-0.1, -0.05) is 15.9 Å². The van der Waals surface area contributed by atoms with Gasteiger partial charge in [0.2, 0.25) is 0 Å². The fraction of sp³-hybridized carbons (Fsp3) is 0.222. The molecule has 1 aromatic carbocycles. The molecule has 0 spiro atoms. The number of rotatable bonds is 1. The minimum absolute atomic E-state index is 0.175. The predicted molar refractivity (Wildman–Crippen MR) is 63.5 cm³/mol. The maximum atomic E-state index is 10.9. The molecule has 1 atom stereocenters. The molecule has 80 valence electrons. The molecule has 1 saturated heterocycles. The summed E-state index contributed by atoms with van der Waals surface area (Å²) in [6.07, 6.45) is -0.407. The first-order chi connectivity index (χ1) is 7.08. The zero-order chi connectivity index (χ0) is 11.0. The van der Waals surface area contributed by atoms with E-state index in [1.165, 1.54) is 0 Å². The van der Waals surface area contributed by atoms with Crippen molar-refractivity contribution < 1.29 is 9.53 Å². The number of cyclic esters (lactones) is 1. The van der Waals surface area contributed by atoms with Crippen molar-refractivity contribution in [2.45, 2.75) is 6.04 Å². The number of carbonyl (C=O) groups is 1. The smallest absolute Gasteiger partial charge is 0.407 e. The summed E-state index contributed by atoms with van der Waals surface area (Å²) in [4.78, 5) is 10.9. The zero-order valence-electron chi connectivity index (χ0n) is 7.59. The lowest BCUT2D eigenvalue weighted by Gasteiger charge is -2.12. The van der Waals surface area contributed by atoms with Gasteiger partial charge in [0.05, 0.1) is 11.7 Å². The lowest BCUT2D eigenvalue weighted by molar-refractivity contribution is 0.177. The van der Waals surface area contributed by atoms with E-state index in [1.807, 2.05) is 12.1 Å². The van der Waals surface area contributed by atoms with Crippen LogP contribution in [0.25, 0.3) is 0 Å². The number of hydrogen-bond donors (Lipinski definition) is 2. The average Bonchev–Trinajstić information content (AvgIpc) is 2.58. The summed E-state index contributed by atoms with van der Waals surface area (Å²) in [6.45, 7) is 0.311. The zero-order valence-corrected chi connectivity index (χ0v) is 10.8. The second-order valence-corrected chi connectivity index (χ2v) is 4.96. The summed E-state index contributed by atoms with van der Waals surface area (Å²) >= 11 is 6.72. The Balaban J connectivity index is 2.39. The number of alkyl carbamates (subject to hydrolysis) is 1. The molecule has 0 aliphatic carbocycles. The highest BCUT2D eigenvalue weighted by molar-refractivity contribution is 9.11. The second-order valence-electron chi connectivity index (χ2n) is 3.19. The lowest BCUT2D eigenvalue weighted by atomic mass is 10.1. The molecule has 0 saturated carbocycles. The van der Waals surface area contributed by atoms with Crippen molar-refractivity contribution in [3.63, 3.8) is 0 Å². The molecular formula is C9H8Br2N2O2. The fourth-order valence-corrected chi connectivity index (χ4v) is 2.70. The van der Waals surface area contributed by atoms with E-state index >= 15 is 0 Å². The van der Waals surface area contributed by atoms with Gasteiger partial charge in [-0.2, -0.15) is 0 Å². The Hall–Kier alpha value is -0.750. The van der Waals surface area contributed by atoms with Gasteiger partial charge in [-0.3, -0.25) is 0 Å². The van der Waals surface area contributed by atoms with Gasteiger partial charge >= 0.3 is 6.09 Å². The molecular weight excluding hydrogens is 328 g/mol. The van der Waals surface area contributed by atoms with Crippen LogP contribution in [-0.2, 0) is 4.74 Å². The summed E-state index contributed by atoms with van der Waals surface area (Å²) in [6, 6.07) is 3.56. The van der Waals surface area contributed by atoms with Crippen LogP contribution in [0.3, 0.4) is 0 Å². The molecule has 15 heavy (non-hydrogen) atoms. The molecule has 6 heteroatoms. The Bertz CT molecular complexity index is 423. The van der Waals surface area contributed by atoms with Crippen LogP contribution in [0.2, 0.25) is 0 Å². The highest BCUT2D eigenvalue weighted by atomic mass is 79.9. The third kappa shape index (κ3) is 2.10. The largest absolute Gasteiger partial charge is 0.447 e. The molecule has 1 aliphatic rings. The SMILES string of the molecule is Nc1c(Br)cc(Br)cc1[C@H]1COC(=O)N1. The molecule has 1 amide bonds. The minimum atomic E-state index is -0.407. The number of nitrogens with one attached hydrogen (secondary N) is 1. The van der Waals surface area contributed by atoms with Gasteiger partial charge in [0.15, 0.2) is 0 Å². The van der Waals surface area contributed by atoms with Crippen LogP contribution in [0.4, 0.5) is 10.5 Å². The molecule has 1 aromatic rings. The Morgan fingerprint density at radius 2 is 2.20 bits per heavy atom. The molecule has 1 fully saturated rings. The van der Waals surface area contributed by atoms with Gasteiger partial charge in [-0.15, -0.1) is 0 Å². The second kappa shape index (κ2) is 4.02. The first-order valence-electron chi connectivity index (χ1n) is 4.25. The van der Waals surface area contributed by atoms with Crippen molar-refractivity contribution in [2.24, 2.45) is 0 Å². The third-order valence-corrected chi connectivity index (χ3v) is 3.29. The van der Waals surface area contributed by atoms with Crippen LogP contribution in [0.15, 0.2) is 21.1 Å².